The van der Waals surface area contributed by atoms with E-state index in [2.05, 4.69) is 25.7 Å². The van der Waals surface area contributed by atoms with E-state index in [1.54, 1.807) is 21.6 Å². The fraction of sp³-hybridized carbons (Fsp3) is 0.500. The topological polar surface area (TPSA) is 57.9 Å². The first-order chi connectivity index (χ1) is 15.3. The number of aryl methyl sites for hydroxylation is 1. The number of thioether (sulfide) groups is 1. The van der Waals surface area contributed by atoms with Gasteiger partial charge in [0.15, 0.2) is 0 Å². The van der Waals surface area contributed by atoms with Gasteiger partial charge in [-0.05, 0) is 49.3 Å². The molecular weight excluding hydrogens is 440 g/mol. The van der Waals surface area contributed by atoms with Crippen LogP contribution in [0.1, 0.15) is 51.2 Å². The number of rotatable bonds is 5. The van der Waals surface area contributed by atoms with Crippen LogP contribution in [0.4, 0.5) is 5.82 Å². The molecule has 0 aliphatic carbocycles. The highest BCUT2D eigenvalue weighted by Gasteiger charge is 2.33. The number of carbonyl (C=O) groups is 1. The molecule has 2 aromatic heterocycles. The van der Waals surface area contributed by atoms with Gasteiger partial charge < -0.3 is 4.90 Å². The highest BCUT2D eigenvalue weighted by Crippen LogP contribution is 2.34. The summed E-state index contributed by atoms with van der Waals surface area (Å²) < 4.78 is 2.14. The summed E-state index contributed by atoms with van der Waals surface area (Å²) in [5.41, 5.74) is 1.91. The van der Waals surface area contributed by atoms with Crippen molar-refractivity contribution < 1.29 is 4.79 Å². The second-order valence-corrected chi connectivity index (χ2v) is 10.8. The lowest BCUT2D eigenvalue weighted by Gasteiger charge is -2.36. The minimum Gasteiger partial charge on any atom is -0.355 e. The molecule has 4 rings (SSSR count). The minimum absolute atomic E-state index is 0.117. The molecular formula is C24H30N4O2S2. The first-order valence-corrected chi connectivity index (χ1v) is 12.5. The minimum atomic E-state index is -0.154. The molecule has 2 aliphatic heterocycles. The van der Waals surface area contributed by atoms with E-state index in [1.165, 1.54) is 11.8 Å². The molecule has 2 saturated heterocycles. The summed E-state index contributed by atoms with van der Waals surface area (Å²) in [6.45, 7) is 10.8. The van der Waals surface area contributed by atoms with Gasteiger partial charge in [0.05, 0.1) is 10.5 Å². The van der Waals surface area contributed by atoms with Gasteiger partial charge in [-0.15, -0.1) is 0 Å². The van der Waals surface area contributed by atoms with Crippen molar-refractivity contribution in [2.45, 2.75) is 47.0 Å². The molecule has 0 N–H and O–H groups in total. The van der Waals surface area contributed by atoms with Gasteiger partial charge in [0.2, 0.25) is 0 Å². The molecule has 8 heteroatoms. The fourth-order valence-corrected chi connectivity index (χ4v) is 5.93. The van der Waals surface area contributed by atoms with Gasteiger partial charge in [0.25, 0.3) is 11.5 Å². The number of piperidine rings is 1. The van der Waals surface area contributed by atoms with E-state index in [9.17, 15) is 9.59 Å². The highest BCUT2D eigenvalue weighted by atomic mass is 32.2. The lowest BCUT2D eigenvalue weighted by atomic mass is 9.91. The average Bonchev–Trinajstić information content (AvgIpc) is 3.00. The number of amides is 1. The molecule has 1 amide bonds. The number of anilines is 1. The lowest BCUT2D eigenvalue weighted by molar-refractivity contribution is -0.122. The van der Waals surface area contributed by atoms with Gasteiger partial charge in [-0.1, -0.05) is 57.2 Å². The van der Waals surface area contributed by atoms with E-state index in [0.717, 1.165) is 37.9 Å². The number of hydrogen-bond donors (Lipinski definition) is 0. The van der Waals surface area contributed by atoms with Crippen molar-refractivity contribution in [3.05, 3.63) is 44.7 Å². The number of fused-ring (bicyclic) bond motifs is 1. The summed E-state index contributed by atoms with van der Waals surface area (Å²) in [5, 5.41) is 0. The van der Waals surface area contributed by atoms with Crippen LogP contribution in [0.5, 0.6) is 0 Å². The van der Waals surface area contributed by atoms with Gasteiger partial charge in [-0.3, -0.25) is 18.9 Å². The smallest absolute Gasteiger partial charge is 0.267 e. The molecule has 2 atom stereocenters. The second-order valence-electron chi connectivity index (χ2n) is 9.08. The third-order valence-corrected chi connectivity index (χ3v) is 7.49. The summed E-state index contributed by atoms with van der Waals surface area (Å²) in [5.74, 6) is 1.57. The molecule has 0 saturated carbocycles. The fourth-order valence-electron chi connectivity index (χ4n) is 4.64. The number of thiocarbonyl (C=S) groups is 1. The van der Waals surface area contributed by atoms with Crippen molar-refractivity contribution in [1.29, 1.82) is 0 Å². The Bertz CT molecular complexity index is 1150. The van der Waals surface area contributed by atoms with E-state index in [4.69, 9.17) is 17.2 Å². The third-order valence-electron chi connectivity index (χ3n) is 6.12. The number of unbranched alkanes of at least 4 members (excludes halogenated alkanes) is 1. The summed E-state index contributed by atoms with van der Waals surface area (Å²) in [4.78, 5) is 36.0. The van der Waals surface area contributed by atoms with E-state index >= 15 is 0 Å². The molecule has 0 aromatic carbocycles. The molecule has 2 aromatic rings. The Balaban J connectivity index is 1.85. The van der Waals surface area contributed by atoms with Crippen molar-refractivity contribution in [3.8, 4) is 0 Å². The molecule has 0 unspecified atom stereocenters. The summed E-state index contributed by atoms with van der Waals surface area (Å²) in [6, 6.07) is 3.82. The maximum atomic E-state index is 13.6. The van der Waals surface area contributed by atoms with Crippen LogP contribution in [-0.4, -0.2) is 44.1 Å². The maximum Gasteiger partial charge on any atom is 0.267 e. The van der Waals surface area contributed by atoms with Crippen molar-refractivity contribution in [2.75, 3.05) is 24.5 Å². The molecule has 32 heavy (non-hydrogen) atoms. The number of aromatic nitrogens is 2. The molecule has 6 nitrogen and oxygen atoms in total. The third kappa shape index (κ3) is 4.35. The van der Waals surface area contributed by atoms with Gasteiger partial charge in [0.1, 0.15) is 15.8 Å². The Morgan fingerprint density at radius 2 is 1.97 bits per heavy atom. The number of nitrogens with zero attached hydrogens (tertiary/aromatic N) is 4. The van der Waals surface area contributed by atoms with Crippen LogP contribution in [0.25, 0.3) is 11.7 Å². The van der Waals surface area contributed by atoms with Crippen LogP contribution in [0.3, 0.4) is 0 Å². The first-order valence-electron chi connectivity index (χ1n) is 11.3. The maximum absolute atomic E-state index is 13.6. The van der Waals surface area contributed by atoms with Crippen LogP contribution in [0.2, 0.25) is 0 Å². The first kappa shape index (κ1) is 23.0. The highest BCUT2D eigenvalue weighted by molar-refractivity contribution is 8.26. The molecule has 0 spiro atoms. The number of pyridine rings is 1. The van der Waals surface area contributed by atoms with E-state index in [-0.39, 0.29) is 11.5 Å². The standard InChI is InChI=1S/C24H30N4O2S2/c1-5-6-9-28-23(30)19(32-24(28)31)12-18-21(26-13-15(2)11-16(3)14-26)25-20-17(4)8-7-10-27(20)22(18)29/h7-8,10,12,15-16H,5-6,9,11,13-14H2,1-4H3/b19-12+/t15-,16-/m1/s1. The van der Waals surface area contributed by atoms with Gasteiger partial charge >= 0.3 is 0 Å². The van der Waals surface area contributed by atoms with Gasteiger partial charge in [-0.25, -0.2) is 4.98 Å². The normalized spacial score (nSPS) is 23.1. The van der Waals surface area contributed by atoms with Crippen LogP contribution in [0.15, 0.2) is 28.0 Å². The van der Waals surface area contributed by atoms with E-state index in [1.807, 2.05) is 19.1 Å². The Morgan fingerprint density at radius 1 is 1.25 bits per heavy atom. The van der Waals surface area contributed by atoms with Crippen molar-refractivity contribution in [1.82, 2.24) is 14.3 Å². The zero-order valence-electron chi connectivity index (χ0n) is 19.1. The molecule has 0 bridgehead atoms. The van der Waals surface area contributed by atoms with Crippen LogP contribution >= 0.6 is 24.0 Å². The Labute approximate surface area is 198 Å². The zero-order chi connectivity index (χ0) is 23.0. The van der Waals surface area contributed by atoms with Crippen LogP contribution in [-0.2, 0) is 4.79 Å². The summed E-state index contributed by atoms with van der Waals surface area (Å²) >= 11 is 6.73. The predicted molar refractivity (Wildman–Crippen MR) is 136 cm³/mol. The zero-order valence-corrected chi connectivity index (χ0v) is 20.8. The Hall–Kier alpha value is -2.19. The molecule has 0 radical (unpaired) electrons. The predicted octanol–water partition coefficient (Wildman–Crippen LogP) is 4.49. The number of carbonyl (C=O) groups excluding carboxylic acids is 1. The lowest BCUT2D eigenvalue weighted by Crippen LogP contribution is -2.40. The molecule has 4 heterocycles. The van der Waals surface area contributed by atoms with Crippen LogP contribution in [0, 0.1) is 18.8 Å². The monoisotopic (exact) mass is 470 g/mol. The Morgan fingerprint density at radius 3 is 2.66 bits per heavy atom. The van der Waals surface area contributed by atoms with E-state index in [0.29, 0.717) is 44.6 Å². The SMILES string of the molecule is CCCCN1C(=O)/C(=C\c2c(N3C[C@H](C)C[C@@H](C)C3)nc3c(C)cccn3c2=O)SC1=S. The van der Waals surface area contributed by atoms with Crippen molar-refractivity contribution >= 4 is 51.7 Å². The van der Waals surface area contributed by atoms with Crippen molar-refractivity contribution in [3.63, 3.8) is 0 Å². The molecule has 2 aliphatic rings. The average molecular weight is 471 g/mol. The van der Waals surface area contributed by atoms with E-state index < -0.39 is 0 Å². The van der Waals surface area contributed by atoms with Gasteiger partial charge in [0, 0.05) is 25.8 Å². The second kappa shape index (κ2) is 9.35. The number of hydrogen-bond acceptors (Lipinski definition) is 6. The van der Waals surface area contributed by atoms with Crippen LogP contribution < -0.4 is 10.5 Å². The van der Waals surface area contributed by atoms with Crippen molar-refractivity contribution in [2.24, 2.45) is 11.8 Å². The Kier molecular flexibility index (Phi) is 6.72. The van der Waals surface area contributed by atoms with Gasteiger partial charge in [-0.2, -0.15) is 0 Å². The summed E-state index contributed by atoms with van der Waals surface area (Å²) in [6.07, 6.45) is 6.50. The quantitative estimate of drug-likeness (QED) is 0.474. The largest absolute Gasteiger partial charge is 0.355 e. The summed E-state index contributed by atoms with van der Waals surface area (Å²) in [7, 11) is 0. The molecule has 170 valence electrons. The molecule has 2 fully saturated rings.